The van der Waals surface area contributed by atoms with Gasteiger partial charge >= 0.3 is 5.97 Å². The van der Waals surface area contributed by atoms with Crippen molar-refractivity contribution in [3.05, 3.63) is 0 Å². The van der Waals surface area contributed by atoms with Crippen LogP contribution >= 0.6 is 0 Å². The summed E-state index contributed by atoms with van der Waals surface area (Å²) in [6, 6.07) is 0. The number of ether oxygens (including phenoxy) is 1. The third-order valence-corrected chi connectivity index (χ3v) is 3.71. The molecule has 4 heteroatoms. The van der Waals surface area contributed by atoms with Crippen molar-refractivity contribution in [1.82, 2.24) is 4.90 Å². The van der Waals surface area contributed by atoms with E-state index in [-0.39, 0.29) is 12.6 Å². The van der Waals surface area contributed by atoms with Crippen molar-refractivity contribution in [1.29, 1.82) is 0 Å². The second kappa shape index (κ2) is 5.64. The highest BCUT2D eigenvalue weighted by Crippen LogP contribution is 2.29. The van der Waals surface area contributed by atoms with Gasteiger partial charge in [-0.2, -0.15) is 0 Å². The fourth-order valence-corrected chi connectivity index (χ4v) is 2.86. The molecule has 0 radical (unpaired) electrons. The molecule has 4 nitrogen and oxygen atoms in total. The predicted molar refractivity (Wildman–Crippen MR) is 60.4 cm³/mol. The fraction of sp³-hybridized carbons (Fsp3) is 0.917. The van der Waals surface area contributed by atoms with Crippen LogP contribution in [0.4, 0.5) is 0 Å². The fourth-order valence-electron chi connectivity index (χ4n) is 2.86. The molecule has 1 aliphatic carbocycles. The molecule has 1 N–H and O–H groups in total. The first-order valence-corrected chi connectivity index (χ1v) is 6.31. The minimum atomic E-state index is -0.732. The molecule has 2 aliphatic rings. The van der Waals surface area contributed by atoms with Gasteiger partial charge in [0.1, 0.15) is 0 Å². The maximum absolute atomic E-state index is 10.7. The van der Waals surface area contributed by atoms with Gasteiger partial charge < -0.3 is 9.84 Å². The molecule has 1 aliphatic heterocycles. The van der Waals surface area contributed by atoms with Crippen LogP contribution < -0.4 is 0 Å². The molecule has 16 heavy (non-hydrogen) atoms. The van der Waals surface area contributed by atoms with Crippen LogP contribution in [0.3, 0.4) is 0 Å². The second-order valence-corrected chi connectivity index (χ2v) is 4.94. The Morgan fingerprint density at radius 3 is 2.75 bits per heavy atom. The Labute approximate surface area is 96.6 Å². The number of aliphatic carboxylic acids is 1. The average molecular weight is 227 g/mol. The van der Waals surface area contributed by atoms with Crippen molar-refractivity contribution >= 4 is 5.97 Å². The van der Waals surface area contributed by atoms with Crippen LogP contribution in [0, 0.1) is 5.92 Å². The van der Waals surface area contributed by atoms with Crippen molar-refractivity contribution < 1.29 is 14.6 Å². The summed E-state index contributed by atoms with van der Waals surface area (Å²) in [6.45, 7) is 2.41. The zero-order valence-electron chi connectivity index (χ0n) is 9.73. The van der Waals surface area contributed by atoms with Crippen LogP contribution in [0.25, 0.3) is 0 Å². The van der Waals surface area contributed by atoms with Crippen molar-refractivity contribution in [2.24, 2.45) is 5.92 Å². The molecule has 92 valence electrons. The van der Waals surface area contributed by atoms with Crippen LogP contribution in [0.1, 0.15) is 32.1 Å². The highest BCUT2D eigenvalue weighted by atomic mass is 16.5. The van der Waals surface area contributed by atoms with Crippen LogP contribution in [0.15, 0.2) is 0 Å². The molecule has 1 heterocycles. The zero-order chi connectivity index (χ0) is 11.4. The molecule has 1 atom stereocenters. The lowest BCUT2D eigenvalue weighted by molar-refractivity contribution is -0.141. The van der Waals surface area contributed by atoms with Gasteiger partial charge in [0.05, 0.1) is 19.3 Å². The van der Waals surface area contributed by atoms with Crippen LogP contribution in [0.2, 0.25) is 0 Å². The number of hydrogen-bond acceptors (Lipinski definition) is 3. The van der Waals surface area contributed by atoms with E-state index >= 15 is 0 Å². The van der Waals surface area contributed by atoms with E-state index in [0.29, 0.717) is 12.5 Å². The lowest BCUT2D eigenvalue weighted by Gasteiger charge is -2.37. The topological polar surface area (TPSA) is 49.8 Å². The van der Waals surface area contributed by atoms with E-state index in [4.69, 9.17) is 9.84 Å². The summed E-state index contributed by atoms with van der Waals surface area (Å²) in [5.41, 5.74) is 0. The summed E-state index contributed by atoms with van der Waals surface area (Å²) >= 11 is 0. The highest BCUT2D eigenvalue weighted by molar-refractivity contribution is 5.69. The summed E-state index contributed by atoms with van der Waals surface area (Å²) in [4.78, 5) is 12.7. The summed E-state index contributed by atoms with van der Waals surface area (Å²) in [5.74, 6) is -0.0744. The van der Waals surface area contributed by atoms with Crippen LogP contribution in [-0.2, 0) is 9.53 Å². The molecule has 0 aromatic rings. The van der Waals surface area contributed by atoms with Crippen molar-refractivity contribution in [3.8, 4) is 0 Å². The van der Waals surface area contributed by atoms with Gasteiger partial charge in [-0.1, -0.05) is 19.3 Å². The number of morpholine rings is 1. The Kier molecular flexibility index (Phi) is 4.18. The number of hydrogen-bond donors (Lipinski definition) is 1. The molecule has 0 aromatic carbocycles. The lowest BCUT2D eigenvalue weighted by Crippen LogP contribution is -2.47. The number of nitrogens with zero attached hydrogens (tertiary/aromatic N) is 1. The maximum Gasteiger partial charge on any atom is 0.317 e. The van der Waals surface area contributed by atoms with Gasteiger partial charge in [-0.15, -0.1) is 0 Å². The van der Waals surface area contributed by atoms with Gasteiger partial charge in [0.2, 0.25) is 0 Å². The monoisotopic (exact) mass is 227 g/mol. The van der Waals surface area contributed by atoms with E-state index in [9.17, 15) is 4.79 Å². The van der Waals surface area contributed by atoms with Gasteiger partial charge in [-0.25, -0.2) is 0 Å². The molecule has 0 spiro atoms. The largest absolute Gasteiger partial charge is 0.480 e. The van der Waals surface area contributed by atoms with E-state index < -0.39 is 5.97 Å². The Balaban J connectivity index is 1.83. The predicted octanol–water partition coefficient (Wildman–Crippen LogP) is 1.35. The Hall–Kier alpha value is -0.610. The molecular formula is C12H21NO3. The third kappa shape index (κ3) is 3.19. The van der Waals surface area contributed by atoms with Crippen LogP contribution in [-0.4, -0.2) is 48.3 Å². The normalized spacial score (nSPS) is 29.1. The summed E-state index contributed by atoms with van der Waals surface area (Å²) < 4.78 is 5.79. The summed E-state index contributed by atoms with van der Waals surface area (Å²) in [6.07, 6.45) is 6.75. The molecule has 2 rings (SSSR count). The van der Waals surface area contributed by atoms with Gasteiger partial charge in [0, 0.05) is 13.1 Å². The molecule has 2 fully saturated rings. The van der Waals surface area contributed by atoms with E-state index in [2.05, 4.69) is 0 Å². The second-order valence-electron chi connectivity index (χ2n) is 4.94. The first-order chi connectivity index (χ1) is 7.75. The van der Waals surface area contributed by atoms with Gasteiger partial charge in [0.25, 0.3) is 0 Å². The number of carbonyl (C=O) groups is 1. The van der Waals surface area contributed by atoms with Gasteiger partial charge in [0.15, 0.2) is 0 Å². The Morgan fingerprint density at radius 1 is 1.31 bits per heavy atom. The lowest BCUT2D eigenvalue weighted by atomic mass is 9.84. The van der Waals surface area contributed by atoms with E-state index in [0.717, 1.165) is 13.1 Å². The molecule has 0 bridgehead atoms. The molecule has 0 amide bonds. The minimum Gasteiger partial charge on any atom is -0.480 e. The quantitative estimate of drug-likeness (QED) is 0.790. The molecule has 1 saturated carbocycles. The molecule has 1 saturated heterocycles. The van der Waals surface area contributed by atoms with E-state index in [1.807, 2.05) is 4.90 Å². The third-order valence-electron chi connectivity index (χ3n) is 3.71. The first-order valence-electron chi connectivity index (χ1n) is 6.31. The SMILES string of the molecule is O=C(O)CN1CCOC(C2CCCCC2)C1. The first kappa shape index (κ1) is 11.9. The molecular weight excluding hydrogens is 206 g/mol. The maximum atomic E-state index is 10.7. The number of carboxylic acids is 1. The van der Waals surface area contributed by atoms with E-state index in [1.54, 1.807) is 0 Å². The smallest absolute Gasteiger partial charge is 0.317 e. The van der Waals surface area contributed by atoms with Crippen LogP contribution in [0.5, 0.6) is 0 Å². The summed E-state index contributed by atoms with van der Waals surface area (Å²) in [7, 11) is 0. The average Bonchev–Trinajstić information content (AvgIpc) is 2.30. The Bertz CT molecular complexity index is 238. The van der Waals surface area contributed by atoms with Crippen molar-refractivity contribution in [3.63, 3.8) is 0 Å². The number of carboxylic acid groups (broad SMARTS) is 1. The van der Waals surface area contributed by atoms with Crippen molar-refractivity contribution in [2.75, 3.05) is 26.2 Å². The Morgan fingerprint density at radius 2 is 2.06 bits per heavy atom. The number of rotatable bonds is 3. The summed E-state index contributed by atoms with van der Waals surface area (Å²) in [5, 5.41) is 8.78. The standard InChI is InChI=1S/C12H21NO3/c14-12(15)9-13-6-7-16-11(8-13)10-4-2-1-3-5-10/h10-11H,1-9H2,(H,14,15). The van der Waals surface area contributed by atoms with Gasteiger partial charge in [-0.3, -0.25) is 9.69 Å². The minimum absolute atomic E-state index is 0.159. The zero-order valence-corrected chi connectivity index (χ0v) is 9.73. The van der Waals surface area contributed by atoms with E-state index in [1.165, 1.54) is 32.1 Å². The highest BCUT2D eigenvalue weighted by Gasteiger charge is 2.29. The molecule has 0 aromatic heterocycles. The molecule has 1 unspecified atom stereocenters. The van der Waals surface area contributed by atoms with Crippen molar-refractivity contribution in [2.45, 2.75) is 38.2 Å². The van der Waals surface area contributed by atoms with Gasteiger partial charge in [-0.05, 0) is 18.8 Å².